The summed E-state index contributed by atoms with van der Waals surface area (Å²) in [7, 11) is 1.83. The molecule has 0 unspecified atom stereocenters. The quantitative estimate of drug-likeness (QED) is 0.228. The van der Waals surface area contributed by atoms with Crippen LogP contribution in [-0.2, 0) is 10.2 Å². The number of benzene rings is 1. The predicted molar refractivity (Wildman–Crippen MR) is 116 cm³/mol. The molecule has 24 heavy (non-hydrogen) atoms. The van der Waals surface area contributed by atoms with Crippen molar-refractivity contribution < 1.29 is 4.74 Å². The number of halogens is 2. The van der Waals surface area contributed by atoms with E-state index in [4.69, 9.17) is 4.74 Å². The Kier molecular flexibility index (Phi) is 10.2. The maximum Gasteiger partial charge on any atom is 0.191 e. The van der Waals surface area contributed by atoms with Crippen LogP contribution in [0.5, 0.6) is 0 Å². The molecule has 1 aliphatic carbocycles. The van der Waals surface area contributed by atoms with Gasteiger partial charge in [-0.05, 0) is 50.3 Å². The van der Waals surface area contributed by atoms with Crippen LogP contribution >= 0.6 is 39.9 Å². The molecular weight excluding hydrogens is 481 g/mol. The normalized spacial score (nSPS) is 15.5. The molecule has 2 rings (SSSR count). The van der Waals surface area contributed by atoms with Crippen molar-refractivity contribution in [3.8, 4) is 0 Å². The van der Waals surface area contributed by atoms with Gasteiger partial charge >= 0.3 is 0 Å². The fourth-order valence-electron chi connectivity index (χ4n) is 2.69. The van der Waals surface area contributed by atoms with Crippen molar-refractivity contribution in [3.05, 3.63) is 34.3 Å². The molecule has 0 amide bonds. The fraction of sp³-hybridized carbons (Fsp3) is 0.611. The highest BCUT2D eigenvalue weighted by atomic mass is 127. The summed E-state index contributed by atoms with van der Waals surface area (Å²) < 4.78 is 6.50. The van der Waals surface area contributed by atoms with Gasteiger partial charge in [0, 0.05) is 43.2 Å². The van der Waals surface area contributed by atoms with Gasteiger partial charge in [0.1, 0.15) is 0 Å². The van der Waals surface area contributed by atoms with Gasteiger partial charge in [0.05, 0.1) is 0 Å². The molecular formula is C18H29BrIN3O. The Labute approximate surface area is 171 Å². The monoisotopic (exact) mass is 509 g/mol. The molecule has 1 aromatic rings. The molecule has 1 saturated carbocycles. The first-order chi connectivity index (χ1) is 11.2. The van der Waals surface area contributed by atoms with Gasteiger partial charge in [-0.15, -0.1) is 24.0 Å². The number of hydrogen-bond donors (Lipinski definition) is 2. The van der Waals surface area contributed by atoms with Gasteiger partial charge in [-0.3, -0.25) is 4.99 Å². The zero-order valence-corrected chi connectivity index (χ0v) is 18.5. The maximum absolute atomic E-state index is 5.35. The van der Waals surface area contributed by atoms with Gasteiger partial charge in [0.15, 0.2) is 5.96 Å². The van der Waals surface area contributed by atoms with Crippen molar-refractivity contribution in [2.45, 2.75) is 38.0 Å². The minimum Gasteiger partial charge on any atom is -0.382 e. The lowest BCUT2D eigenvalue weighted by molar-refractivity contribution is 0.143. The van der Waals surface area contributed by atoms with E-state index < -0.39 is 0 Å². The van der Waals surface area contributed by atoms with Crippen LogP contribution in [0.15, 0.2) is 33.7 Å². The number of aliphatic imine (C=N–C) groups is 1. The van der Waals surface area contributed by atoms with Gasteiger partial charge in [-0.25, -0.2) is 0 Å². The Bertz CT molecular complexity index is 521. The molecule has 1 aliphatic rings. The highest BCUT2D eigenvalue weighted by Gasteiger charge is 2.44. The summed E-state index contributed by atoms with van der Waals surface area (Å²) in [6, 6.07) is 8.66. The summed E-state index contributed by atoms with van der Waals surface area (Å²) in [5.41, 5.74) is 1.68. The van der Waals surface area contributed by atoms with E-state index in [1.807, 2.05) is 14.0 Å². The topological polar surface area (TPSA) is 45.6 Å². The van der Waals surface area contributed by atoms with Gasteiger partial charge < -0.3 is 15.4 Å². The summed E-state index contributed by atoms with van der Waals surface area (Å²) in [5.74, 6) is 0.891. The fourth-order valence-corrected chi connectivity index (χ4v) is 3.09. The Balaban J connectivity index is 0.00000288. The molecule has 0 saturated heterocycles. The Morgan fingerprint density at radius 1 is 1.29 bits per heavy atom. The highest BCUT2D eigenvalue weighted by Crippen LogP contribution is 2.48. The first kappa shape index (κ1) is 21.7. The van der Waals surface area contributed by atoms with Gasteiger partial charge in [0.2, 0.25) is 0 Å². The summed E-state index contributed by atoms with van der Waals surface area (Å²) in [5, 5.41) is 6.87. The summed E-state index contributed by atoms with van der Waals surface area (Å²) in [4.78, 5) is 4.32. The minimum atomic E-state index is 0. The summed E-state index contributed by atoms with van der Waals surface area (Å²) in [6.07, 6.45) is 4.65. The largest absolute Gasteiger partial charge is 0.382 e. The molecule has 0 spiro atoms. The average Bonchev–Trinajstić information content (AvgIpc) is 3.35. The van der Waals surface area contributed by atoms with Crippen LogP contribution in [0.4, 0.5) is 0 Å². The van der Waals surface area contributed by atoms with E-state index in [0.717, 1.165) is 49.6 Å². The van der Waals surface area contributed by atoms with Crippen molar-refractivity contribution in [2.24, 2.45) is 4.99 Å². The summed E-state index contributed by atoms with van der Waals surface area (Å²) >= 11 is 3.57. The third-order valence-electron chi connectivity index (χ3n) is 4.32. The van der Waals surface area contributed by atoms with Crippen LogP contribution in [0.3, 0.4) is 0 Å². The third kappa shape index (κ3) is 6.88. The highest BCUT2D eigenvalue weighted by molar-refractivity contribution is 14.0. The molecule has 0 aromatic heterocycles. The molecule has 1 aromatic carbocycles. The number of guanidine groups is 1. The van der Waals surface area contributed by atoms with Crippen molar-refractivity contribution in [3.63, 3.8) is 0 Å². The van der Waals surface area contributed by atoms with Crippen molar-refractivity contribution in [2.75, 3.05) is 33.4 Å². The van der Waals surface area contributed by atoms with E-state index in [-0.39, 0.29) is 29.4 Å². The van der Waals surface area contributed by atoms with E-state index in [9.17, 15) is 0 Å². The Morgan fingerprint density at radius 3 is 2.71 bits per heavy atom. The first-order valence-electron chi connectivity index (χ1n) is 8.48. The van der Waals surface area contributed by atoms with Gasteiger partial charge in [-0.2, -0.15) is 0 Å². The van der Waals surface area contributed by atoms with Crippen LogP contribution < -0.4 is 10.6 Å². The number of unbranched alkanes of at least 4 members (excludes halogenated alkanes) is 1. The zero-order valence-electron chi connectivity index (χ0n) is 14.6. The Hall–Kier alpha value is -0.340. The van der Waals surface area contributed by atoms with Crippen LogP contribution in [0.25, 0.3) is 0 Å². The van der Waals surface area contributed by atoms with Crippen LogP contribution in [0.1, 0.15) is 38.2 Å². The van der Waals surface area contributed by atoms with E-state index in [1.165, 1.54) is 18.4 Å². The minimum absolute atomic E-state index is 0. The van der Waals surface area contributed by atoms with Crippen LogP contribution in [-0.4, -0.2) is 39.3 Å². The molecule has 6 heteroatoms. The Morgan fingerprint density at radius 2 is 2.08 bits per heavy atom. The van der Waals surface area contributed by atoms with E-state index in [1.54, 1.807) is 0 Å². The second-order valence-electron chi connectivity index (χ2n) is 6.05. The smallest absolute Gasteiger partial charge is 0.191 e. The zero-order chi connectivity index (χ0) is 16.5. The lowest BCUT2D eigenvalue weighted by Crippen LogP contribution is -2.41. The van der Waals surface area contributed by atoms with E-state index >= 15 is 0 Å². The molecule has 136 valence electrons. The number of nitrogens with one attached hydrogen (secondary N) is 2. The second-order valence-corrected chi connectivity index (χ2v) is 6.96. The lowest BCUT2D eigenvalue weighted by atomic mass is 9.96. The number of ether oxygens (including phenoxy) is 1. The van der Waals surface area contributed by atoms with Crippen molar-refractivity contribution in [1.29, 1.82) is 0 Å². The van der Waals surface area contributed by atoms with E-state index in [2.05, 4.69) is 55.8 Å². The predicted octanol–water partition coefficient (Wildman–Crippen LogP) is 4.08. The van der Waals surface area contributed by atoms with E-state index in [0.29, 0.717) is 0 Å². The molecule has 0 aliphatic heterocycles. The number of rotatable bonds is 9. The third-order valence-corrected chi connectivity index (χ3v) is 4.81. The second kappa shape index (κ2) is 11.3. The number of hydrogen-bond acceptors (Lipinski definition) is 2. The van der Waals surface area contributed by atoms with Gasteiger partial charge in [-0.1, -0.05) is 28.1 Å². The SMILES string of the molecule is CCOCCCCNC(=NC)NCC1(c2cccc(Br)c2)CC1.I. The molecule has 1 fully saturated rings. The molecule has 4 nitrogen and oxygen atoms in total. The number of nitrogens with zero attached hydrogens (tertiary/aromatic N) is 1. The van der Waals surface area contributed by atoms with Crippen molar-refractivity contribution in [1.82, 2.24) is 10.6 Å². The van der Waals surface area contributed by atoms with Crippen LogP contribution in [0, 0.1) is 0 Å². The standard InChI is InChI=1S/C18H28BrN3O.HI/c1-3-23-12-5-4-11-21-17(20-2)22-14-18(9-10-18)15-7-6-8-16(19)13-15;/h6-8,13H,3-5,9-12,14H2,1-2H3,(H2,20,21,22);1H. The maximum atomic E-state index is 5.35. The van der Waals surface area contributed by atoms with Gasteiger partial charge in [0.25, 0.3) is 0 Å². The van der Waals surface area contributed by atoms with Crippen LogP contribution in [0.2, 0.25) is 0 Å². The molecule has 0 bridgehead atoms. The lowest BCUT2D eigenvalue weighted by Gasteiger charge is -2.19. The average molecular weight is 510 g/mol. The molecule has 0 heterocycles. The molecule has 2 N–H and O–H groups in total. The first-order valence-corrected chi connectivity index (χ1v) is 9.28. The summed E-state index contributed by atoms with van der Waals surface area (Å²) in [6.45, 7) is 5.53. The van der Waals surface area contributed by atoms with Crippen molar-refractivity contribution >= 4 is 45.9 Å². The molecule has 0 radical (unpaired) electrons. The molecule has 0 atom stereocenters.